The Hall–Kier alpha value is -0.153. The topological polar surface area (TPSA) is 26.3 Å². The van der Waals surface area contributed by atoms with Crippen LogP contribution >= 0.6 is 0 Å². The maximum absolute atomic E-state index is 11.4. The maximum atomic E-state index is 11.4. The normalized spacial score (nSPS) is 14.6. The molecule has 0 rings (SSSR count). The molecule has 0 saturated carbocycles. The minimum Gasteiger partial charge on any atom is -0.381 e. The molecule has 0 N–H and O–H groups in total. The van der Waals surface area contributed by atoms with Crippen LogP contribution in [-0.2, 0) is 9.53 Å². The highest BCUT2D eigenvalue weighted by molar-refractivity contribution is 7.03. The lowest BCUT2D eigenvalue weighted by Gasteiger charge is -2.16. The molecule has 0 radical (unpaired) electrons. The van der Waals surface area contributed by atoms with Crippen LogP contribution in [0, 0.1) is 0 Å². The van der Waals surface area contributed by atoms with E-state index in [1.54, 1.807) is 7.11 Å². The summed E-state index contributed by atoms with van der Waals surface area (Å²) in [5, 5.41) is 0.395. The Bertz CT molecular complexity index is 138. The summed E-state index contributed by atoms with van der Waals surface area (Å²) in [5.74, 6) is 0. The average molecular weight is 174 g/mol. The molecule has 11 heavy (non-hydrogen) atoms. The Morgan fingerprint density at radius 2 is 1.91 bits per heavy atom. The number of hydrogen-bond acceptors (Lipinski definition) is 2. The Morgan fingerprint density at radius 3 is 2.18 bits per heavy atom. The quantitative estimate of drug-likeness (QED) is 0.608. The molecule has 2 nitrogen and oxygen atoms in total. The third-order valence-electron chi connectivity index (χ3n) is 1.71. The van der Waals surface area contributed by atoms with Crippen LogP contribution in [0.1, 0.15) is 13.3 Å². The van der Waals surface area contributed by atoms with Crippen molar-refractivity contribution in [2.24, 2.45) is 0 Å². The van der Waals surface area contributed by atoms with Crippen LogP contribution in [0.15, 0.2) is 0 Å². The molecule has 1 atom stereocenters. The summed E-state index contributed by atoms with van der Waals surface area (Å²) in [6, 6.07) is 0. The zero-order chi connectivity index (χ0) is 9.07. The molecule has 0 aromatic carbocycles. The SMILES string of the molecule is CO[C@H](C)CC(=O)[Si](C)(C)C. The minimum absolute atomic E-state index is 0.0780. The first-order valence-electron chi connectivity index (χ1n) is 3.94. The highest BCUT2D eigenvalue weighted by Gasteiger charge is 2.24. The van der Waals surface area contributed by atoms with Gasteiger partial charge >= 0.3 is 0 Å². The number of methoxy groups -OCH3 is 1. The number of ether oxygens (including phenoxy) is 1. The smallest absolute Gasteiger partial charge is 0.124 e. The second kappa shape index (κ2) is 4.02. The van der Waals surface area contributed by atoms with Gasteiger partial charge in [-0.05, 0) is 6.92 Å². The molecular formula is C8H18O2Si. The van der Waals surface area contributed by atoms with Gasteiger partial charge in [0.1, 0.15) is 13.5 Å². The highest BCUT2D eigenvalue weighted by atomic mass is 28.3. The summed E-state index contributed by atoms with van der Waals surface area (Å²) >= 11 is 0. The standard InChI is InChI=1S/C8H18O2Si/c1-7(10-2)6-8(9)11(3,4)5/h7H,6H2,1-5H3/t7-/m1/s1. The third-order valence-corrected chi connectivity index (χ3v) is 3.59. The van der Waals surface area contributed by atoms with Crippen LogP contribution in [-0.4, -0.2) is 26.7 Å². The summed E-state index contributed by atoms with van der Waals surface area (Å²) in [6.07, 6.45) is 0.654. The van der Waals surface area contributed by atoms with Crippen molar-refractivity contribution in [2.45, 2.75) is 39.1 Å². The van der Waals surface area contributed by atoms with Crippen LogP contribution < -0.4 is 0 Å². The van der Waals surface area contributed by atoms with E-state index in [1.807, 2.05) is 6.92 Å². The zero-order valence-electron chi connectivity index (χ0n) is 8.10. The molecule has 0 aromatic heterocycles. The number of carbonyl (C=O) groups excluding carboxylic acids is 1. The van der Waals surface area contributed by atoms with Crippen molar-refractivity contribution in [3.05, 3.63) is 0 Å². The summed E-state index contributed by atoms with van der Waals surface area (Å²) in [5.41, 5.74) is 0. The van der Waals surface area contributed by atoms with Gasteiger partial charge < -0.3 is 9.53 Å². The molecule has 0 aliphatic heterocycles. The van der Waals surface area contributed by atoms with Gasteiger partial charge in [-0.25, -0.2) is 0 Å². The molecule has 66 valence electrons. The van der Waals surface area contributed by atoms with Crippen molar-refractivity contribution in [2.75, 3.05) is 7.11 Å². The molecule has 0 aliphatic carbocycles. The van der Waals surface area contributed by atoms with Crippen molar-refractivity contribution in [1.82, 2.24) is 0 Å². The first-order valence-corrected chi connectivity index (χ1v) is 7.44. The van der Waals surface area contributed by atoms with E-state index in [9.17, 15) is 4.79 Å². The van der Waals surface area contributed by atoms with E-state index >= 15 is 0 Å². The fourth-order valence-corrected chi connectivity index (χ4v) is 1.55. The van der Waals surface area contributed by atoms with Crippen molar-refractivity contribution >= 4 is 13.5 Å². The molecule has 0 fully saturated rings. The summed E-state index contributed by atoms with van der Waals surface area (Å²) in [7, 11) is 0.0825. The van der Waals surface area contributed by atoms with Crippen LogP contribution in [0.3, 0.4) is 0 Å². The van der Waals surface area contributed by atoms with Gasteiger partial charge in [-0.3, -0.25) is 0 Å². The van der Waals surface area contributed by atoms with E-state index in [0.717, 1.165) is 0 Å². The summed E-state index contributed by atoms with van der Waals surface area (Å²) in [6.45, 7) is 8.13. The van der Waals surface area contributed by atoms with Crippen LogP contribution in [0.4, 0.5) is 0 Å². The third kappa shape index (κ3) is 4.32. The summed E-state index contributed by atoms with van der Waals surface area (Å²) < 4.78 is 5.02. The number of rotatable bonds is 4. The van der Waals surface area contributed by atoms with Crippen LogP contribution in [0.5, 0.6) is 0 Å². The average Bonchev–Trinajstić information content (AvgIpc) is 1.85. The number of hydrogen-bond donors (Lipinski definition) is 0. The predicted octanol–water partition coefficient (Wildman–Crippen LogP) is 1.86. The fraction of sp³-hybridized carbons (Fsp3) is 0.875. The van der Waals surface area contributed by atoms with Crippen LogP contribution in [0.2, 0.25) is 19.6 Å². The predicted molar refractivity (Wildman–Crippen MR) is 49.4 cm³/mol. The molecule has 0 spiro atoms. The van der Waals surface area contributed by atoms with Gasteiger partial charge in [0.15, 0.2) is 0 Å². The van der Waals surface area contributed by atoms with Gasteiger partial charge in [0.05, 0.1) is 6.10 Å². The monoisotopic (exact) mass is 174 g/mol. The zero-order valence-corrected chi connectivity index (χ0v) is 9.10. The van der Waals surface area contributed by atoms with E-state index in [1.165, 1.54) is 0 Å². The molecule has 0 saturated heterocycles. The molecule has 0 aliphatic rings. The van der Waals surface area contributed by atoms with Gasteiger partial charge in [-0.1, -0.05) is 19.6 Å². The maximum Gasteiger partial charge on any atom is 0.124 e. The van der Waals surface area contributed by atoms with Gasteiger partial charge in [0.2, 0.25) is 0 Å². The lowest BCUT2D eigenvalue weighted by molar-refractivity contribution is -0.114. The Balaban J connectivity index is 3.88. The molecule has 3 heteroatoms. The first kappa shape index (κ1) is 10.8. The Kier molecular flexibility index (Phi) is 3.96. The molecule has 0 aromatic rings. The van der Waals surface area contributed by atoms with Crippen molar-refractivity contribution in [1.29, 1.82) is 0 Å². The molecule has 0 heterocycles. The minimum atomic E-state index is -1.56. The van der Waals surface area contributed by atoms with Gasteiger partial charge in [0.25, 0.3) is 0 Å². The van der Waals surface area contributed by atoms with Gasteiger partial charge in [-0.15, -0.1) is 0 Å². The number of carbonyl (C=O) groups is 1. The second-order valence-electron chi connectivity index (χ2n) is 3.92. The van der Waals surface area contributed by atoms with Crippen LogP contribution in [0.25, 0.3) is 0 Å². The molecule has 0 bridgehead atoms. The summed E-state index contributed by atoms with van der Waals surface area (Å²) in [4.78, 5) is 11.4. The largest absolute Gasteiger partial charge is 0.381 e. The van der Waals surface area contributed by atoms with Crippen molar-refractivity contribution in [3.63, 3.8) is 0 Å². The highest BCUT2D eigenvalue weighted by Crippen LogP contribution is 2.08. The van der Waals surface area contributed by atoms with Crippen molar-refractivity contribution in [3.8, 4) is 0 Å². The van der Waals surface area contributed by atoms with Crippen molar-refractivity contribution < 1.29 is 9.53 Å². The lowest BCUT2D eigenvalue weighted by atomic mass is 10.3. The molecule has 0 amide bonds. The van der Waals surface area contributed by atoms with E-state index < -0.39 is 8.07 Å². The van der Waals surface area contributed by atoms with E-state index in [-0.39, 0.29) is 6.10 Å². The lowest BCUT2D eigenvalue weighted by Crippen LogP contribution is -2.35. The van der Waals surface area contributed by atoms with E-state index in [2.05, 4.69) is 19.6 Å². The van der Waals surface area contributed by atoms with Gasteiger partial charge in [0, 0.05) is 13.5 Å². The second-order valence-corrected chi connectivity index (χ2v) is 8.98. The van der Waals surface area contributed by atoms with E-state index in [4.69, 9.17) is 4.74 Å². The fourth-order valence-electron chi connectivity index (χ4n) is 0.651. The Labute approximate surface area is 69.9 Å². The molecular weight excluding hydrogens is 156 g/mol. The molecule has 0 unspecified atom stereocenters. The van der Waals surface area contributed by atoms with E-state index in [0.29, 0.717) is 11.8 Å². The van der Waals surface area contributed by atoms with Gasteiger partial charge in [-0.2, -0.15) is 0 Å². The Morgan fingerprint density at radius 1 is 1.45 bits per heavy atom. The first-order chi connectivity index (χ1) is 4.88.